The van der Waals surface area contributed by atoms with Gasteiger partial charge in [-0.1, -0.05) is 100 Å². The van der Waals surface area contributed by atoms with Crippen LogP contribution in [0.4, 0.5) is 17.1 Å². The van der Waals surface area contributed by atoms with E-state index >= 15 is 0 Å². The average molecular weight is 2230 g/mol. The third-order valence-electron chi connectivity index (χ3n) is 22.4. The summed E-state index contributed by atoms with van der Waals surface area (Å²) in [6, 6.07) is 37.2. The van der Waals surface area contributed by atoms with Crippen molar-refractivity contribution >= 4 is 163 Å². The molecule has 0 fully saturated rings. The maximum atomic E-state index is 11.8. The Morgan fingerprint density at radius 2 is 0.856 bits per heavy atom. The van der Waals surface area contributed by atoms with Gasteiger partial charge in [0.2, 0.25) is 11.8 Å². The van der Waals surface area contributed by atoms with Gasteiger partial charge in [0.1, 0.15) is 13.1 Å². The lowest BCUT2D eigenvalue weighted by atomic mass is 9.95. The molecule has 0 bridgehead atoms. The summed E-state index contributed by atoms with van der Waals surface area (Å²) < 4.78 is 249. The van der Waals surface area contributed by atoms with Crippen molar-refractivity contribution in [1.82, 2.24) is 19.6 Å². The van der Waals surface area contributed by atoms with Crippen molar-refractivity contribution in [2.24, 2.45) is 5.92 Å². The van der Waals surface area contributed by atoms with Gasteiger partial charge in [0, 0.05) is 159 Å². The van der Waals surface area contributed by atoms with Crippen LogP contribution >= 0.6 is 31.9 Å². The summed E-state index contributed by atoms with van der Waals surface area (Å²) in [6.45, 7) is 20.3. The Labute approximate surface area is 832 Å². The number of hydrogen-bond acceptors (Lipinski definition) is 30. The Morgan fingerprint density at radius 1 is 0.460 bits per heavy atom. The number of carbonyl (C=O) groups is 2. The molecule has 0 saturated carbocycles. The average Bonchev–Trinajstić information content (AvgIpc) is 0.792. The largest absolute Gasteiger partial charge is 0.748 e. The molecule has 12 rings (SSSR count). The van der Waals surface area contributed by atoms with Crippen molar-refractivity contribution in [2.75, 3.05) is 137 Å². The van der Waals surface area contributed by atoms with E-state index in [9.17, 15) is 111 Å². The summed E-state index contributed by atoms with van der Waals surface area (Å²) in [5.74, 6) is -2.53. The van der Waals surface area contributed by atoms with Gasteiger partial charge in [-0.3, -0.25) is 76.7 Å². The van der Waals surface area contributed by atoms with E-state index in [0.29, 0.717) is 99.0 Å². The van der Waals surface area contributed by atoms with Crippen molar-refractivity contribution in [2.45, 2.75) is 151 Å². The Kier molecular flexibility index (Phi) is 47.6. The monoisotopic (exact) mass is 2230 g/mol. The van der Waals surface area contributed by atoms with Crippen LogP contribution in [0.2, 0.25) is 0 Å². The Hall–Kier alpha value is -7.88. The van der Waals surface area contributed by atoms with Crippen LogP contribution in [0.1, 0.15) is 129 Å². The van der Waals surface area contributed by atoms with Gasteiger partial charge in [0.25, 0.3) is 62.0 Å². The summed E-state index contributed by atoms with van der Waals surface area (Å²) in [4.78, 5) is 54.2. The lowest BCUT2D eigenvalue weighted by molar-refractivity contribution is -0.890. The van der Waals surface area contributed by atoms with Crippen LogP contribution in [-0.4, -0.2) is 277 Å². The highest BCUT2D eigenvalue weighted by atomic mass is 79.9. The van der Waals surface area contributed by atoms with E-state index in [1.807, 2.05) is 43.0 Å². The molecule has 0 radical (unpaired) electrons. The molecule has 0 spiro atoms. The quantitative estimate of drug-likeness (QED) is 0.00698. The number of rotatable bonds is 38. The molecule has 40 nitrogen and oxygen atoms in total. The van der Waals surface area contributed by atoms with E-state index in [1.165, 1.54) is 64.9 Å². The molecule has 0 aliphatic carbocycles. The lowest BCUT2D eigenvalue weighted by Gasteiger charge is -2.30. The molecular formula is C89H124Br2N10O30S8. The zero-order valence-electron chi connectivity index (χ0n) is 78.5. The fraction of sp³-hybridized carbons (Fsp3) is 0.506. The Bertz CT molecular complexity index is 6420. The third kappa shape index (κ3) is 47.5. The molecule has 50 heteroatoms. The second kappa shape index (κ2) is 55.3. The van der Waals surface area contributed by atoms with Crippen molar-refractivity contribution in [3.8, 4) is 0 Å². The Morgan fingerprint density at radius 3 is 1.32 bits per heavy atom. The van der Waals surface area contributed by atoms with Gasteiger partial charge < -0.3 is 18.1 Å². The fourth-order valence-corrected chi connectivity index (χ4v) is 21.2. The van der Waals surface area contributed by atoms with Crippen LogP contribution in [0.3, 0.4) is 0 Å². The lowest BCUT2D eigenvalue weighted by Crippen LogP contribution is -2.42. The van der Waals surface area contributed by atoms with Crippen LogP contribution in [-0.2, 0) is 160 Å². The number of nitrogens with zero attached hydrogens (tertiary/aromatic N) is 10. The molecule has 2 aromatic heterocycles. The number of amides is 2. The van der Waals surface area contributed by atoms with Crippen molar-refractivity contribution < 1.29 is 136 Å². The van der Waals surface area contributed by atoms with Gasteiger partial charge in [0.05, 0.1) is 119 Å². The number of fused-ring (bicyclic) bond motifs is 6. The molecule has 4 aliphatic heterocycles. The normalized spacial score (nSPS) is 14.5. The van der Waals surface area contributed by atoms with Crippen molar-refractivity contribution in [3.05, 3.63) is 225 Å². The number of halogens is 2. The molecular weight excluding hydrogens is 2110 g/mol. The maximum absolute atomic E-state index is 11.8. The summed E-state index contributed by atoms with van der Waals surface area (Å²) in [5.41, 5.74) is 12.1. The minimum Gasteiger partial charge on any atom is -0.748 e. The summed E-state index contributed by atoms with van der Waals surface area (Å²) in [7, 11) is -27.9. The fourth-order valence-electron chi connectivity index (χ4n) is 15.7. The zero-order valence-corrected chi connectivity index (χ0v) is 88.2. The highest BCUT2D eigenvalue weighted by molar-refractivity contribution is 9.10. The minimum absolute atomic E-state index is 0.0248. The number of nitro benzene ring substituents is 2. The Balaban J connectivity index is 0.000000249. The van der Waals surface area contributed by atoms with Crippen molar-refractivity contribution in [3.63, 3.8) is 0 Å². The van der Waals surface area contributed by atoms with Crippen LogP contribution in [0, 0.1) is 33.1 Å². The number of aromatic nitrogens is 2. The van der Waals surface area contributed by atoms with E-state index in [1.54, 1.807) is 96.5 Å². The molecule has 0 saturated heterocycles. The van der Waals surface area contributed by atoms with Crippen LogP contribution in [0.25, 0.3) is 21.5 Å². The van der Waals surface area contributed by atoms with E-state index in [2.05, 4.69) is 89.9 Å². The molecule has 6 aromatic carbocycles. The summed E-state index contributed by atoms with van der Waals surface area (Å²) in [6.07, 6.45) is 13.6. The number of carbonyl (C=O) groups excluding carboxylic acids is 2. The SMILES string of the molecule is CC(=O)N(C(C)=O)c1cccc2c[n+](CCCS(=O)(=O)O)ccc12.C[N+](C)(CCCS(=O)(=O)[O-])CCCS(=O)(=O)[O-].Cc1cccc2c1CCN(CCCS(=O)(=O)OCC(C)C)C2.O=S(=O)(O)CCCN1CCc2c(Br)cccc2C1.O=S(=O)(O)CCCN1CCc2ccc(Br)cc2C1.O=[N+]([O-])c1ccc2c(c1)CN(CCCS(=O)(=O)O)CC2.O=[N+]([O-])c1cccc2c[n+](CCCS(=O)(=O)[O-])ccc12. The second-order valence-electron chi connectivity index (χ2n) is 35.0. The number of pyridine rings is 2. The standard InChI is InChI=1S/C17H27NO3S.C16H18N2O5S.2C12H16BrNO3S.C12H16N2O5S.C12H12N2O5S.C8H19NO6S2/c1-14(2)13-21-22(19,20)11-5-9-18-10-8-17-15(3)6-4-7-16(17)12-18;1-12(19)18(13(2)20)16-6-3-5-14-11-17(9-7-15(14)16)8-4-10-24(21,22)23;13-12-3-2-10-4-6-14(9-11(10)8-12)5-1-7-18(15,16)17;13-12-4-1-3-10-9-14(7-5-11(10)12)6-2-8-18(15,16)17;15-14(16)12-3-2-10-4-6-13(9-11(10)8-12)5-1-7-20(17,18)19;15-14(16)12-4-1-3-10-9-13(7-5-11(10)12)6-2-8-20(17,18)19;1-9(2,5-3-7-16(10,11)12)6-4-8-17(13,14)15/h4,6-7,14H,5,8-13H2,1-3H3;3,5-7,9,11H,4,8,10H2,1-2H3;2-3,8H,1,4-7,9H2,(H,15,16,17);1,3-4H,2,5-9H2,(H,15,16,17);2-3,8H,1,4-7,9H2,(H,17,18,19);1,3-5,7,9H,2,6,8H2;3-8H2,1-2H3,(H-,10,11,12,13,14,15). The van der Waals surface area contributed by atoms with Gasteiger partial charge in [-0.25, -0.2) is 34.4 Å². The maximum Gasteiger partial charge on any atom is 0.277 e. The number of nitro groups is 2. The molecule has 4 aliphatic rings. The topological polar surface area (TPSA) is 577 Å². The smallest absolute Gasteiger partial charge is 0.277 e. The number of hydrogen-bond donors (Lipinski definition) is 4. The van der Waals surface area contributed by atoms with Gasteiger partial charge in [0.15, 0.2) is 24.8 Å². The molecule has 772 valence electrons. The third-order valence-corrected chi connectivity index (χ3v) is 30.5. The second-order valence-corrected chi connectivity index (χ2v) is 49.3. The van der Waals surface area contributed by atoms with Crippen LogP contribution in [0.15, 0.2) is 155 Å². The number of benzene rings is 6. The molecule has 2 amide bonds. The van der Waals surface area contributed by atoms with Gasteiger partial charge in [-0.2, -0.15) is 42.1 Å². The highest BCUT2D eigenvalue weighted by Crippen LogP contribution is 2.31. The minimum atomic E-state index is -4.21. The van der Waals surface area contributed by atoms with E-state index < -0.39 is 108 Å². The van der Waals surface area contributed by atoms with Gasteiger partial charge in [-0.05, 0) is 177 Å². The van der Waals surface area contributed by atoms with E-state index in [4.69, 9.17) is 22.4 Å². The summed E-state index contributed by atoms with van der Waals surface area (Å²) >= 11 is 7.01. The molecule has 6 heterocycles. The van der Waals surface area contributed by atoms with Gasteiger partial charge >= 0.3 is 0 Å². The zero-order chi connectivity index (χ0) is 104. The number of aryl methyl sites for hydroxylation is 3. The number of quaternary nitrogens is 1. The summed E-state index contributed by atoms with van der Waals surface area (Å²) in [5, 5.41) is 24.4. The highest BCUT2D eigenvalue weighted by Gasteiger charge is 2.27. The predicted molar refractivity (Wildman–Crippen MR) is 530 cm³/mol. The number of imide groups is 1. The van der Waals surface area contributed by atoms with Crippen molar-refractivity contribution in [1.29, 1.82) is 0 Å². The predicted octanol–water partition coefficient (Wildman–Crippen LogP) is 9.36. The molecule has 4 N–H and O–H groups in total. The molecule has 0 atom stereocenters. The molecule has 139 heavy (non-hydrogen) atoms. The first-order valence-corrected chi connectivity index (χ1v) is 58.8. The van der Waals surface area contributed by atoms with Crippen LogP contribution < -0.4 is 14.0 Å². The van der Waals surface area contributed by atoms with Gasteiger partial charge in [-0.15, -0.1) is 0 Å². The molecule has 0 unspecified atom stereocenters. The van der Waals surface area contributed by atoms with E-state index in [0.717, 1.165) is 114 Å². The van der Waals surface area contributed by atoms with E-state index in [-0.39, 0.29) is 90.2 Å². The van der Waals surface area contributed by atoms with Crippen LogP contribution in [0.5, 0.6) is 0 Å². The molecule has 8 aromatic rings. The number of non-ortho nitro benzene ring substituents is 2. The first-order valence-electron chi connectivity index (χ1n) is 44.4. The number of anilines is 1. The first-order chi connectivity index (χ1) is 64.6. The first kappa shape index (κ1) is 120.